The Morgan fingerprint density at radius 2 is 1.88 bits per heavy atom. The topological polar surface area (TPSA) is 25.2 Å². The zero-order valence-electron chi connectivity index (χ0n) is 15.7. The van der Waals surface area contributed by atoms with E-state index in [0.717, 1.165) is 44.6 Å². The summed E-state index contributed by atoms with van der Waals surface area (Å²) in [5, 5.41) is 1.25. The number of benzene rings is 2. The van der Waals surface area contributed by atoms with Crippen molar-refractivity contribution in [3.63, 3.8) is 0 Å². The minimum Gasteiger partial charge on any atom is -0.337 e. The number of carbonyl (C=O) groups excluding carboxylic acids is 1. The van der Waals surface area contributed by atoms with Gasteiger partial charge >= 0.3 is 0 Å². The molecule has 0 radical (unpaired) electrons. The van der Waals surface area contributed by atoms with Crippen molar-refractivity contribution in [2.75, 3.05) is 13.1 Å². The fourth-order valence-electron chi connectivity index (χ4n) is 4.03. The Morgan fingerprint density at radius 1 is 1.08 bits per heavy atom. The quantitative estimate of drug-likeness (QED) is 0.652. The monoisotopic (exact) mass is 346 g/mol. The van der Waals surface area contributed by atoms with E-state index in [1.165, 1.54) is 27.6 Å². The average Bonchev–Trinajstić information content (AvgIpc) is 2.96. The summed E-state index contributed by atoms with van der Waals surface area (Å²) >= 11 is 0. The third-order valence-electron chi connectivity index (χ3n) is 5.41. The van der Waals surface area contributed by atoms with Crippen LogP contribution in [0.4, 0.5) is 0 Å². The Labute approximate surface area is 155 Å². The predicted molar refractivity (Wildman–Crippen MR) is 107 cm³/mol. The molecule has 4 rings (SSSR count). The molecule has 3 nitrogen and oxygen atoms in total. The van der Waals surface area contributed by atoms with Crippen LogP contribution in [-0.2, 0) is 13.0 Å². The van der Waals surface area contributed by atoms with E-state index in [1.54, 1.807) is 0 Å². The highest BCUT2D eigenvalue weighted by molar-refractivity contribution is 6.03. The number of rotatable bonds is 5. The third kappa shape index (κ3) is 2.92. The molecule has 1 aliphatic heterocycles. The molecule has 3 aromatic rings. The minimum absolute atomic E-state index is 0.199. The van der Waals surface area contributed by atoms with Crippen molar-refractivity contribution in [2.45, 2.75) is 39.7 Å². The number of hydrogen-bond acceptors (Lipinski definition) is 1. The van der Waals surface area contributed by atoms with E-state index in [2.05, 4.69) is 60.9 Å². The molecule has 0 aliphatic carbocycles. The van der Waals surface area contributed by atoms with E-state index in [4.69, 9.17) is 0 Å². The molecule has 0 atom stereocenters. The van der Waals surface area contributed by atoms with Crippen LogP contribution in [0.2, 0.25) is 0 Å². The molecule has 1 amide bonds. The number of unbranched alkanes of at least 4 members (excludes halogenated alkanes) is 1. The van der Waals surface area contributed by atoms with Crippen LogP contribution < -0.4 is 0 Å². The van der Waals surface area contributed by atoms with Gasteiger partial charge in [0.25, 0.3) is 5.91 Å². The largest absolute Gasteiger partial charge is 0.337 e. The van der Waals surface area contributed by atoms with E-state index in [-0.39, 0.29) is 5.91 Å². The maximum Gasteiger partial charge on any atom is 0.270 e. The second-order valence-corrected chi connectivity index (χ2v) is 7.32. The standard InChI is InChI=1S/C23H26N2O/c1-3-4-13-24-14-12-19-20-15-17(2)10-11-21(20)25(22(19)23(24)26)16-18-8-6-5-7-9-18/h5-11,15H,3-4,12-14,16H2,1-2H3. The first-order valence-electron chi connectivity index (χ1n) is 9.64. The summed E-state index contributed by atoms with van der Waals surface area (Å²) in [6, 6.07) is 17.0. The number of hydrogen-bond donors (Lipinski definition) is 0. The van der Waals surface area contributed by atoms with Crippen LogP contribution in [0.1, 0.15) is 46.9 Å². The zero-order valence-corrected chi connectivity index (χ0v) is 15.7. The summed E-state index contributed by atoms with van der Waals surface area (Å²) < 4.78 is 2.24. The highest BCUT2D eigenvalue weighted by Crippen LogP contribution is 2.32. The Balaban J connectivity index is 1.84. The third-order valence-corrected chi connectivity index (χ3v) is 5.41. The first kappa shape index (κ1) is 16.9. The molecule has 2 heterocycles. The van der Waals surface area contributed by atoms with Gasteiger partial charge in [0.15, 0.2) is 0 Å². The van der Waals surface area contributed by atoms with E-state index < -0.39 is 0 Å². The van der Waals surface area contributed by atoms with Crippen molar-refractivity contribution in [3.8, 4) is 0 Å². The Hall–Kier alpha value is -2.55. The number of fused-ring (bicyclic) bond motifs is 3. The molecule has 26 heavy (non-hydrogen) atoms. The highest BCUT2D eigenvalue weighted by atomic mass is 16.2. The lowest BCUT2D eigenvalue weighted by Gasteiger charge is -2.28. The van der Waals surface area contributed by atoms with Crippen molar-refractivity contribution in [1.82, 2.24) is 9.47 Å². The Morgan fingerprint density at radius 3 is 2.65 bits per heavy atom. The lowest BCUT2D eigenvalue weighted by atomic mass is 10.0. The molecule has 3 heteroatoms. The van der Waals surface area contributed by atoms with Crippen molar-refractivity contribution >= 4 is 16.8 Å². The summed E-state index contributed by atoms with van der Waals surface area (Å²) in [6.07, 6.45) is 3.13. The van der Waals surface area contributed by atoms with Gasteiger partial charge in [-0.05, 0) is 43.0 Å². The molecule has 1 aromatic heterocycles. The number of carbonyl (C=O) groups is 1. The van der Waals surface area contributed by atoms with E-state index in [1.807, 2.05) is 11.0 Å². The molecule has 0 fully saturated rings. The van der Waals surface area contributed by atoms with Gasteiger partial charge in [0.05, 0.1) is 0 Å². The summed E-state index contributed by atoms with van der Waals surface area (Å²) in [5.41, 5.74) is 5.79. The number of amides is 1. The van der Waals surface area contributed by atoms with E-state index >= 15 is 0 Å². The van der Waals surface area contributed by atoms with Crippen LogP contribution in [0.5, 0.6) is 0 Å². The number of aryl methyl sites for hydroxylation is 1. The van der Waals surface area contributed by atoms with Crippen LogP contribution in [0, 0.1) is 6.92 Å². The van der Waals surface area contributed by atoms with Crippen molar-refractivity contribution < 1.29 is 4.79 Å². The van der Waals surface area contributed by atoms with Gasteiger partial charge in [-0.1, -0.05) is 55.3 Å². The molecule has 1 aliphatic rings. The highest BCUT2D eigenvalue weighted by Gasteiger charge is 2.30. The molecule has 0 unspecified atom stereocenters. The normalized spacial score (nSPS) is 14.1. The first-order chi connectivity index (χ1) is 12.7. The fourth-order valence-corrected chi connectivity index (χ4v) is 4.03. The van der Waals surface area contributed by atoms with Gasteiger partial charge < -0.3 is 9.47 Å². The second kappa shape index (κ2) is 6.99. The molecule has 0 saturated carbocycles. The van der Waals surface area contributed by atoms with Crippen LogP contribution >= 0.6 is 0 Å². The average molecular weight is 346 g/mol. The van der Waals surface area contributed by atoms with Crippen molar-refractivity contribution in [1.29, 1.82) is 0 Å². The summed E-state index contributed by atoms with van der Waals surface area (Å²) in [7, 11) is 0. The molecule has 0 spiro atoms. The lowest BCUT2D eigenvalue weighted by Crippen LogP contribution is -2.39. The maximum atomic E-state index is 13.3. The Bertz CT molecular complexity index is 940. The first-order valence-corrected chi connectivity index (χ1v) is 9.64. The molecule has 0 bridgehead atoms. The van der Waals surface area contributed by atoms with E-state index in [9.17, 15) is 4.79 Å². The lowest BCUT2D eigenvalue weighted by molar-refractivity contribution is 0.0727. The van der Waals surface area contributed by atoms with Gasteiger partial charge in [-0.25, -0.2) is 0 Å². The minimum atomic E-state index is 0.199. The second-order valence-electron chi connectivity index (χ2n) is 7.32. The van der Waals surface area contributed by atoms with Crippen LogP contribution in [-0.4, -0.2) is 28.5 Å². The molecular weight excluding hydrogens is 320 g/mol. The zero-order chi connectivity index (χ0) is 18.1. The smallest absolute Gasteiger partial charge is 0.270 e. The molecule has 0 N–H and O–H groups in total. The van der Waals surface area contributed by atoms with Gasteiger partial charge in [0.1, 0.15) is 5.69 Å². The van der Waals surface area contributed by atoms with Crippen molar-refractivity contribution in [3.05, 3.63) is 70.9 Å². The fraction of sp³-hybridized carbons (Fsp3) is 0.348. The van der Waals surface area contributed by atoms with Crippen LogP contribution in [0.15, 0.2) is 48.5 Å². The number of aromatic nitrogens is 1. The Kier molecular flexibility index (Phi) is 4.54. The van der Waals surface area contributed by atoms with Crippen LogP contribution in [0.25, 0.3) is 10.9 Å². The summed E-state index contributed by atoms with van der Waals surface area (Å²) in [4.78, 5) is 15.3. The van der Waals surface area contributed by atoms with Gasteiger partial charge in [0.2, 0.25) is 0 Å². The van der Waals surface area contributed by atoms with Gasteiger partial charge in [-0.3, -0.25) is 4.79 Å². The van der Waals surface area contributed by atoms with Gasteiger partial charge in [-0.15, -0.1) is 0 Å². The van der Waals surface area contributed by atoms with Crippen LogP contribution in [0.3, 0.4) is 0 Å². The predicted octanol–water partition coefficient (Wildman–Crippen LogP) is 4.80. The molecule has 134 valence electrons. The molecule has 0 saturated heterocycles. The SMILES string of the molecule is CCCCN1CCc2c(n(Cc3ccccc3)c3ccc(C)cc23)C1=O. The van der Waals surface area contributed by atoms with Gasteiger partial charge in [0, 0.05) is 30.5 Å². The number of nitrogens with zero attached hydrogens (tertiary/aromatic N) is 2. The molecular formula is C23H26N2O. The van der Waals surface area contributed by atoms with Gasteiger partial charge in [-0.2, -0.15) is 0 Å². The van der Waals surface area contributed by atoms with Crippen molar-refractivity contribution in [2.24, 2.45) is 0 Å². The summed E-state index contributed by atoms with van der Waals surface area (Å²) in [5.74, 6) is 0.199. The maximum absolute atomic E-state index is 13.3. The summed E-state index contributed by atoms with van der Waals surface area (Å²) in [6.45, 7) is 6.74. The molecule has 2 aromatic carbocycles. The van der Waals surface area contributed by atoms with E-state index in [0.29, 0.717) is 0 Å².